The lowest BCUT2D eigenvalue weighted by Gasteiger charge is -2.17. The van der Waals surface area contributed by atoms with Crippen molar-refractivity contribution in [1.29, 1.82) is 0 Å². The molecule has 0 unspecified atom stereocenters. The van der Waals surface area contributed by atoms with Crippen LogP contribution in [0.25, 0.3) is 0 Å². The first kappa shape index (κ1) is 12.9. The number of carbonyl (C=O) groups is 3. The molecule has 0 spiro atoms. The molecule has 0 aliphatic heterocycles. The Morgan fingerprint density at radius 1 is 1.12 bits per heavy atom. The number of hydrogen-bond donors (Lipinski definition) is 1. The second-order valence-electron chi connectivity index (χ2n) is 3.56. The molecular formula is C12H13NO4. The van der Waals surface area contributed by atoms with Gasteiger partial charge in [-0.25, -0.2) is 0 Å². The third-order valence-corrected chi connectivity index (χ3v) is 2.20. The zero-order valence-corrected chi connectivity index (χ0v) is 9.42. The van der Waals surface area contributed by atoms with Crippen molar-refractivity contribution < 1.29 is 19.5 Å². The molecule has 0 saturated carbocycles. The third kappa shape index (κ3) is 4.06. The van der Waals surface area contributed by atoms with Gasteiger partial charge in [-0.05, 0) is 0 Å². The number of Topliss-reactive ketones (excluding diaryl/α,β-unsaturated/α-hetero) is 1. The van der Waals surface area contributed by atoms with Gasteiger partial charge in [0, 0.05) is 12.5 Å². The smallest absolute Gasteiger partial charge is 0.323 e. The van der Waals surface area contributed by atoms with E-state index >= 15 is 0 Å². The van der Waals surface area contributed by atoms with E-state index in [0.717, 1.165) is 4.90 Å². The van der Waals surface area contributed by atoms with Gasteiger partial charge < -0.3 is 10.0 Å². The second-order valence-corrected chi connectivity index (χ2v) is 3.56. The molecule has 0 atom stereocenters. The first-order valence-corrected chi connectivity index (χ1v) is 5.06. The second kappa shape index (κ2) is 5.79. The summed E-state index contributed by atoms with van der Waals surface area (Å²) in [5.74, 6) is -1.85. The molecule has 5 nitrogen and oxygen atoms in total. The highest BCUT2D eigenvalue weighted by atomic mass is 16.4. The summed E-state index contributed by atoms with van der Waals surface area (Å²) in [5, 5.41) is 8.61. The maximum atomic E-state index is 11.8. The molecule has 0 aromatic heterocycles. The molecule has 0 radical (unpaired) electrons. The van der Waals surface area contributed by atoms with Gasteiger partial charge in [0.1, 0.15) is 6.54 Å². The van der Waals surface area contributed by atoms with Crippen molar-refractivity contribution >= 4 is 17.7 Å². The Labute approximate surface area is 98.7 Å². The molecule has 0 aliphatic carbocycles. The maximum absolute atomic E-state index is 11.8. The van der Waals surface area contributed by atoms with E-state index in [9.17, 15) is 14.4 Å². The van der Waals surface area contributed by atoms with Crippen molar-refractivity contribution in [3.8, 4) is 0 Å². The Hall–Kier alpha value is -2.17. The topological polar surface area (TPSA) is 74.7 Å². The number of hydrogen-bond acceptors (Lipinski definition) is 3. The van der Waals surface area contributed by atoms with Crippen LogP contribution < -0.4 is 0 Å². The molecule has 0 aliphatic rings. The number of carboxylic acids is 1. The van der Waals surface area contributed by atoms with E-state index in [1.165, 1.54) is 6.92 Å². The molecule has 1 rings (SSSR count). The average molecular weight is 235 g/mol. The molecule has 1 aromatic rings. The van der Waals surface area contributed by atoms with Crippen LogP contribution in [0.5, 0.6) is 0 Å². The predicted octanol–water partition coefficient (Wildman–Crippen LogP) is 0.802. The lowest BCUT2D eigenvalue weighted by atomic mass is 10.1. The van der Waals surface area contributed by atoms with Crippen molar-refractivity contribution in [2.45, 2.75) is 6.92 Å². The van der Waals surface area contributed by atoms with E-state index in [2.05, 4.69) is 0 Å². The van der Waals surface area contributed by atoms with Gasteiger partial charge in [0.25, 0.3) is 0 Å². The Bertz CT molecular complexity index is 427. The number of amides is 1. The minimum atomic E-state index is -1.14. The number of aliphatic carboxylic acids is 1. The Balaban J connectivity index is 2.71. The van der Waals surface area contributed by atoms with Crippen LogP contribution in [0.4, 0.5) is 0 Å². The number of rotatable bonds is 5. The van der Waals surface area contributed by atoms with Gasteiger partial charge in [-0.1, -0.05) is 30.3 Å². The molecule has 90 valence electrons. The Kier molecular flexibility index (Phi) is 4.39. The highest BCUT2D eigenvalue weighted by Gasteiger charge is 2.17. The van der Waals surface area contributed by atoms with Crippen molar-refractivity contribution in [1.82, 2.24) is 4.90 Å². The standard InChI is InChI=1S/C12H13NO4/c1-9(14)13(8-12(16)17)7-11(15)10-5-3-2-4-6-10/h2-6H,7-8H2,1H3,(H,16,17). The van der Waals surface area contributed by atoms with Crippen molar-refractivity contribution in [3.05, 3.63) is 35.9 Å². The molecule has 0 fully saturated rings. The van der Waals surface area contributed by atoms with E-state index in [-0.39, 0.29) is 12.3 Å². The van der Waals surface area contributed by atoms with Crippen LogP contribution in [0, 0.1) is 0 Å². The molecule has 5 heteroatoms. The largest absolute Gasteiger partial charge is 0.480 e. The van der Waals surface area contributed by atoms with Gasteiger partial charge in [0.2, 0.25) is 5.91 Å². The summed E-state index contributed by atoms with van der Waals surface area (Å²) < 4.78 is 0. The molecule has 1 N–H and O–H groups in total. The fourth-order valence-electron chi connectivity index (χ4n) is 1.33. The fraction of sp³-hybridized carbons (Fsp3) is 0.250. The first-order chi connectivity index (χ1) is 8.00. The van der Waals surface area contributed by atoms with Crippen LogP contribution in [0.1, 0.15) is 17.3 Å². The maximum Gasteiger partial charge on any atom is 0.323 e. The molecule has 0 heterocycles. The van der Waals surface area contributed by atoms with Crippen LogP contribution in [0.2, 0.25) is 0 Å². The van der Waals surface area contributed by atoms with E-state index in [1.807, 2.05) is 0 Å². The van der Waals surface area contributed by atoms with E-state index in [4.69, 9.17) is 5.11 Å². The summed E-state index contributed by atoms with van der Waals surface area (Å²) in [4.78, 5) is 34.4. The lowest BCUT2D eigenvalue weighted by Crippen LogP contribution is -2.37. The Morgan fingerprint density at radius 2 is 1.71 bits per heavy atom. The van der Waals surface area contributed by atoms with Crippen molar-refractivity contribution in [2.24, 2.45) is 0 Å². The van der Waals surface area contributed by atoms with E-state index < -0.39 is 18.4 Å². The zero-order chi connectivity index (χ0) is 12.8. The molecule has 0 saturated heterocycles. The highest BCUT2D eigenvalue weighted by Crippen LogP contribution is 2.02. The van der Waals surface area contributed by atoms with E-state index in [1.54, 1.807) is 30.3 Å². The summed E-state index contributed by atoms with van der Waals surface area (Å²) in [6.07, 6.45) is 0. The predicted molar refractivity (Wildman–Crippen MR) is 60.7 cm³/mol. The first-order valence-electron chi connectivity index (χ1n) is 5.06. The minimum absolute atomic E-state index is 0.217. The normalized spacial score (nSPS) is 9.71. The molecule has 1 aromatic carbocycles. The van der Waals surface area contributed by atoms with Crippen molar-refractivity contribution in [2.75, 3.05) is 13.1 Å². The minimum Gasteiger partial charge on any atom is -0.480 e. The van der Waals surface area contributed by atoms with Crippen LogP contribution in [-0.4, -0.2) is 40.8 Å². The number of carboxylic acid groups (broad SMARTS) is 1. The van der Waals surface area contributed by atoms with Gasteiger partial charge >= 0.3 is 5.97 Å². The summed E-state index contributed by atoms with van der Waals surface area (Å²) in [5.41, 5.74) is 0.462. The number of ketones is 1. The van der Waals surface area contributed by atoms with Crippen molar-refractivity contribution in [3.63, 3.8) is 0 Å². The van der Waals surface area contributed by atoms with Crippen LogP contribution >= 0.6 is 0 Å². The summed E-state index contributed by atoms with van der Waals surface area (Å²) >= 11 is 0. The zero-order valence-electron chi connectivity index (χ0n) is 9.42. The lowest BCUT2D eigenvalue weighted by molar-refractivity contribution is -0.143. The summed E-state index contributed by atoms with van der Waals surface area (Å²) in [6.45, 7) is 0.556. The number of benzene rings is 1. The van der Waals surface area contributed by atoms with Crippen LogP contribution in [0.15, 0.2) is 30.3 Å². The molecule has 0 bridgehead atoms. The van der Waals surface area contributed by atoms with Gasteiger partial charge in [-0.2, -0.15) is 0 Å². The van der Waals surface area contributed by atoms with Crippen LogP contribution in [-0.2, 0) is 9.59 Å². The quantitative estimate of drug-likeness (QED) is 0.766. The van der Waals surface area contributed by atoms with E-state index in [0.29, 0.717) is 5.56 Å². The number of nitrogens with zero attached hydrogens (tertiary/aromatic N) is 1. The monoisotopic (exact) mass is 235 g/mol. The average Bonchev–Trinajstić information content (AvgIpc) is 2.28. The van der Waals surface area contributed by atoms with Crippen LogP contribution in [0.3, 0.4) is 0 Å². The highest BCUT2D eigenvalue weighted by molar-refractivity contribution is 5.99. The van der Waals surface area contributed by atoms with Gasteiger partial charge in [0.15, 0.2) is 5.78 Å². The fourth-order valence-corrected chi connectivity index (χ4v) is 1.33. The number of carbonyl (C=O) groups excluding carboxylic acids is 2. The summed E-state index contributed by atoms with van der Waals surface area (Å²) in [7, 11) is 0. The van der Waals surface area contributed by atoms with Gasteiger partial charge in [-0.15, -0.1) is 0 Å². The molecule has 17 heavy (non-hydrogen) atoms. The summed E-state index contributed by atoms with van der Waals surface area (Å²) in [6, 6.07) is 8.45. The van der Waals surface area contributed by atoms with Gasteiger partial charge in [0.05, 0.1) is 6.54 Å². The SMILES string of the molecule is CC(=O)N(CC(=O)O)CC(=O)c1ccccc1. The molecular weight excluding hydrogens is 222 g/mol. The van der Waals surface area contributed by atoms with Gasteiger partial charge in [-0.3, -0.25) is 14.4 Å². The Morgan fingerprint density at radius 3 is 2.18 bits per heavy atom. The molecule has 1 amide bonds. The third-order valence-electron chi connectivity index (χ3n) is 2.20.